The molecule has 1 amide bonds. The Morgan fingerprint density at radius 3 is 2.56 bits per heavy atom. The van der Waals surface area contributed by atoms with Crippen LogP contribution in [0, 0.1) is 13.8 Å². The minimum atomic E-state index is -0.158. The Morgan fingerprint density at radius 2 is 1.78 bits per heavy atom. The number of fused-ring (bicyclic) bond motifs is 1. The number of carbonyl (C=O) groups excluding carboxylic acids is 1. The third-order valence-corrected chi connectivity index (χ3v) is 5.79. The van der Waals surface area contributed by atoms with Crippen molar-refractivity contribution < 1.29 is 19.0 Å². The monoisotopic (exact) mass is 367 g/mol. The second-order valence-corrected chi connectivity index (χ2v) is 7.44. The zero-order valence-electron chi connectivity index (χ0n) is 15.8. The first-order valence-corrected chi connectivity index (χ1v) is 9.41. The van der Waals surface area contributed by atoms with E-state index in [1.54, 1.807) is 0 Å². The fourth-order valence-corrected chi connectivity index (χ4v) is 3.79. The summed E-state index contributed by atoms with van der Waals surface area (Å²) in [5, 5.41) is 3.16. The molecular weight excluding hydrogens is 342 g/mol. The number of ether oxygens (including phenoxy) is 3. The number of carbonyl (C=O) groups is 1. The van der Waals surface area contributed by atoms with E-state index in [1.165, 1.54) is 5.56 Å². The smallest absolute Gasteiger partial charge is 0.251 e. The Hall–Kier alpha value is -2.53. The Bertz CT molecular complexity index is 855. The van der Waals surface area contributed by atoms with E-state index in [0.717, 1.165) is 35.5 Å². The molecule has 0 aromatic heterocycles. The van der Waals surface area contributed by atoms with Gasteiger partial charge in [-0.25, -0.2) is 0 Å². The molecule has 0 atom stereocenters. The van der Waals surface area contributed by atoms with Crippen molar-refractivity contribution in [3.05, 3.63) is 58.7 Å². The molecule has 27 heavy (non-hydrogen) atoms. The summed E-state index contributed by atoms with van der Waals surface area (Å²) < 4.78 is 16.6. The normalized spacial score (nSPS) is 17.6. The highest BCUT2D eigenvalue weighted by Crippen LogP contribution is 2.40. The maximum absolute atomic E-state index is 12.7. The summed E-state index contributed by atoms with van der Waals surface area (Å²) in [6.45, 7) is 6.29. The molecule has 0 bridgehead atoms. The first kappa shape index (κ1) is 17.9. The van der Waals surface area contributed by atoms with E-state index in [4.69, 9.17) is 14.2 Å². The molecular formula is C22H25NO4. The third kappa shape index (κ3) is 3.52. The topological polar surface area (TPSA) is 56.8 Å². The van der Waals surface area contributed by atoms with Crippen molar-refractivity contribution in [1.29, 1.82) is 0 Å². The molecule has 1 fully saturated rings. The lowest BCUT2D eigenvalue weighted by Gasteiger charge is -2.38. The van der Waals surface area contributed by atoms with Crippen LogP contribution in [-0.2, 0) is 10.2 Å². The Kier molecular flexibility index (Phi) is 4.79. The van der Waals surface area contributed by atoms with Crippen LogP contribution in [0.3, 0.4) is 0 Å². The van der Waals surface area contributed by atoms with E-state index in [0.29, 0.717) is 25.3 Å². The number of amides is 1. The molecule has 2 aliphatic rings. The van der Waals surface area contributed by atoms with Crippen LogP contribution >= 0.6 is 0 Å². The van der Waals surface area contributed by atoms with Gasteiger partial charge in [-0.2, -0.15) is 0 Å². The van der Waals surface area contributed by atoms with Crippen molar-refractivity contribution in [2.75, 3.05) is 26.6 Å². The molecule has 4 rings (SSSR count). The van der Waals surface area contributed by atoms with Gasteiger partial charge in [-0.15, -0.1) is 0 Å². The van der Waals surface area contributed by atoms with Gasteiger partial charge >= 0.3 is 0 Å². The Morgan fingerprint density at radius 1 is 1.00 bits per heavy atom. The van der Waals surface area contributed by atoms with E-state index in [2.05, 4.69) is 17.4 Å². The van der Waals surface area contributed by atoms with E-state index in [-0.39, 0.29) is 18.1 Å². The maximum atomic E-state index is 12.7. The Labute approximate surface area is 159 Å². The summed E-state index contributed by atoms with van der Waals surface area (Å²) in [7, 11) is 0. The molecule has 0 saturated carbocycles. The molecule has 2 aromatic rings. The summed E-state index contributed by atoms with van der Waals surface area (Å²) in [5.74, 6) is 1.52. The molecule has 5 nitrogen and oxygen atoms in total. The van der Waals surface area contributed by atoms with E-state index in [9.17, 15) is 4.79 Å². The largest absolute Gasteiger partial charge is 0.454 e. The summed E-state index contributed by atoms with van der Waals surface area (Å²) in [6.07, 6.45) is 1.72. The van der Waals surface area contributed by atoms with Crippen LogP contribution in [0.5, 0.6) is 11.5 Å². The van der Waals surface area contributed by atoms with Gasteiger partial charge in [0.25, 0.3) is 5.91 Å². The number of rotatable bonds is 4. The lowest BCUT2D eigenvalue weighted by molar-refractivity contribution is 0.0486. The molecule has 2 heterocycles. The first-order valence-electron chi connectivity index (χ1n) is 9.41. The second kappa shape index (κ2) is 7.24. The van der Waals surface area contributed by atoms with Gasteiger partial charge in [0.1, 0.15) is 0 Å². The van der Waals surface area contributed by atoms with Crippen LogP contribution < -0.4 is 14.8 Å². The van der Waals surface area contributed by atoms with Crippen LogP contribution in [0.15, 0.2) is 36.4 Å². The molecule has 0 aliphatic carbocycles. The standard InChI is InChI=1S/C22H25NO4/c1-15-3-4-17(11-16(15)2)21(24)23-13-22(7-9-25-10-8-22)18-5-6-19-20(12-18)27-14-26-19/h3-6,11-12H,7-10,13-14H2,1-2H3,(H,23,24). The summed E-state index contributed by atoms with van der Waals surface area (Å²) in [6, 6.07) is 11.9. The van der Waals surface area contributed by atoms with Gasteiger partial charge in [-0.1, -0.05) is 12.1 Å². The minimum absolute atomic E-state index is 0.0373. The SMILES string of the molecule is Cc1ccc(C(=O)NCC2(c3ccc4c(c3)OCO4)CCOCC2)cc1C. The average molecular weight is 367 g/mol. The number of hydrogen-bond donors (Lipinski definition) is 1. The van der Waals surface area contributed by atoms with Gasteiger partial charge in [0.2, 0.25) is 6.79 Å². The molecule has 0 unspecified atom stereocenters. The van der Waals surface area contributed by atoms with Gasteiger partial charge in [-0.3, -0.25) is 4.79 Å². The highest BCUT2D eigenvalue weighted by atomic mass is 16.7. The van der Waals surface area contributed by atoms with Crippen molar-refractivity contribution >= 4 is 5.91 Å². The summed E-state index contributed by atoms with van der Waals surface area (Å²) in [5.41, 5.74) is 4.02. The summed E-state index contributed by atoms with van der Waals surface area (Å²) in [4.78, 5) is 12.7. The van der Waals surface area contributed by atoms with Crippen LogP contribution in [0.2, 0.25) is 0 Å². The van der Waals surface area contributed by atoms with Gasteiger partial charge < -0.3 is 19.5 Å². The molecule has 0 radical (unpaired) electrons. The van der Waals surface area contributed by atoms with Crippen molar-refractivity contribution in [2.24, 2.45) is 0 Å². The molecule has 142 valence electrons. The molecule has 2 aliphatic heterocycles. The number of hydrogen-bond acceptors (Lipinski definition) is 4. The zero-order chi connectivity index (χ0) is 18.9. The van der Waals surface area contributed by atoms with Crippen molar-refractivity contribution in [2.45, 2.75) is 32.1 Å². The van der Waals surface area contributed by atoms with Gasteiger partial charge in [0.05, 0.1) is 0 Å². The van der Waals surface area contributed by atoms with Gasteiger partial charge in [0.15, 0.2) is 11.5 Å². The fourth-order valence-electron chi connectivity index (χ4n) is 3.79. The molecule has 0 spiro atoms. The van der Waals surface area contributed by atoms with Crippen LogP contribution in [0.4, 0.5) is 0 Å². The van der Waals surface area contributed by atoms with E-state index in [1.807, 2.05) is 38.1 Å². The van der Waals surface area contributed by atoms with Crippen molar-refractivity contribution in [1.82, 2.24) is 5.32 Å². The number of nitrogens with one attached hydrogen (secondary N) is 1. The Balaban J connectivity index is 1.55. The fraction of sp³-hybridized carbons (Fsp3) is 0.409. The summed E-state index contributed by atoms with van der Waals surface area (Å²) >= 11 is 0. The first-order chi connectivity index (χ1) is 13.1. The highest BCUT2D eigenvalue weighted by Gasteiger charge is 2.36. The predicted molar refractivity (Wildman–Crippen MR) is 103 cm³/mol. The highest BCUT2D eigenvalue weighted by molar-refractivity contribution is 5.94. The molecule has 2 aromatic carbocycles. The lowest BCUT2D eigenvalue weighted by atomic mass is 9.74. The number of aryl methyl sites for hydroxylation is 2. The van der Waals surface area contributed by atoms with E-state index < -0.39 is 0 Å². The van der Waals surface area contributed by atoms with Crippen LogP contribution in [0.25, 0.3) is 0 Å². The van der Waals surface area contributed by atoms with Crippen molar-refractivity contribution in [3.63, 3.8) is 0 Å². The van der Waals surface area contributed by atoms with Gasteiger partial charge in [0, 0.05) is 30.7 Å². The third-order valence-electron chi connectivity index (χ3n) is 5.79. The predicted octanol–water partition coefficient (Wildman–Crippen LogP) is 3.51. The molecule has 1 N–H and O–H groups in total. The number of benzene rings is 2. The van der Waals surface area contributed by atoms with Crippen LogP contribution in [-0.4, -0.2) is 32.5 Å². The molecule has 5 heteroatoms. The van der Waals surface area contributed by atoms with E-state index >= 15 is 0 Å². The van der Waals surface area contributed by atoms with Gasteiger partial charge in [-0.05, 0) is 67.6 Å². The average Bonchev–Trinajstić information content (AvgIpc) is 3.17. The molecule has 1 saturated heterocycles. The zero-order valence-corrected chi connectivity index (χ0v) is 15.8. The van der Waals surface area contributed by atoms with Crippen molar-refractivity contribution in [3.8, 4) is 11.5 Å². The van der Waals surface area contributed by atoms with Crippen LogP contribution in [0.1, 0.15) is 39.9 Å². The minimum Gasteiger partial charge on any atom is -0.454 e. The maximum Gasteiger partial charge on any atom is 0.251 e. The second-order valence-electron chi connectivity index (χ2n) is 7.44. The quantitative estimate of drug-likeness (QED) is 0.898. The lowest BCUT2D eigenvalue weighted by Crippen LogP contribution is -2.44.